The van der Waals surface area contributed by atoms with Gasteiger partial charge in [-0.2, -0.15) is 18.3 Å². The maximum Gasteiger partial charge on any atom is 0.416 e. The van der Waals surface area contributed by atoms with Crippen LogP contribution in [0.3, 0.4) is 0 Å². The highest BCUT2D eigenvalue weighted by Crippen LogP contribution is 2.37. The Morgan fingerprint density at radius 2 is 1.95 bits per heavy atom. The van der Waals surface area contributed by atoms with Crippen LogP contribution in [0.5, 0.6) is 0 Å². The SMILES string of the molecule is Nc1ncnn2c(CN3CCCOCC3)c(CO)c(-c3ccc(NC(=O)Nc4cccc(C(F)(F)F)c4)c(F)c3)c12. The summed E-state index contributed by atoms with van der Waals surface area (Å²) in [5.74, 6) is -0.676. The summed E-state index contributed by atoms with van der Waals surface area (Å²) in [5, 5.41) is 19.4. The third-order valence-electron chi connectivity index (χ3n) is 6.76. The molecule has 2 aromatic carbocycles. The second kappa shape index (κ2) is 11.7. The summed E-state index contributed by atoms with van der Waals surface area (Å²) in [7, 11) is 0. The van der Waals surface area contributed by atoms with Gasteiger partial charge >= 0.3 is 12.2 Å². The molecule has 0 atom stereocenters. The average molecular weight is 574 g/mol. The molecule has 41 heavy (non-hydrogen) atoms. The van der Waals surface area contributed by atoms with E-state index in [1.165, 1.54) is 30.6 Å². The number of aromatic nitrogens is 3. The first-order valence-corrected chi connectivity index (χ1v) is 12.7. The highest BCUT2D eigenvalue weighted by molar-refractivity contribution is 6.00. The number of nitrogen functional groups attached to an aromatic ring is 1. The van der Waals surface area contributed by atoms with Crippen LogP contribution in [0.15, 0.2) is 48.8 Å². The molecule has 3 heterocycles. The molecule has 10 nitrogen and oxygen atoms in total. The van der Waals surface area contributed by atoms with Crippen LogP contribution in [0.2, 0.25) is 0 Å². The monoisotopic (exact) mass is 573 g/mol. The van der Waals surface area contributed by atoms with Gasteiger partial charge in [-0.25, -0.2) is 18.7 Å². The second-order valence-corrected chi connectivity index (χ2v) is 9.46. The van der Waals surface area contributed by atoms with Gasteiger partial charge in [0.1, 0.15) is 17.7 Å². The topological polar surface area (TPSA) is 130 Å². The zero-order chi connectivity index (χ0) is 29.1. The molecule has 0 aliphatic carbocycles. The smallest absolute Gasteiger partial charge is 0.392 e. The van der Waals surface area contributed by atoms with E-state index in [0.717, 1.165) is 31.2 Å². The largest absolute Gasteiger partial charge is 0.416 e. The molecule has 0 saturated carbocycles. The Labute approximate surface area is 231 Å². The van der Waals surface area contributed by atoms with Crippen LogP contribution in [0, 0.1) is 5.82 Å². The highest BCUT2D eigenvalue weighted by Gasteiger charge is 2.30. The fraction of sp³-hybridized carbons (Fsp3) is 0.296. The fourth-order valence-electron chi connectivity index (χ4n) is 4.86. The van der Waals surface area contributed by atoms with Crippen molar-refractivity contribution in [2.24, 2.45) is 0 Å². The van der Waals surface area contributed by atoms with Gasteiger partial charge in [0.05, 0.1) is 30.2 Å². The molecule has 1 saturated heterocycles. The van der Waals surface area contributed by atoms with E-state index in [-0.39, 0.29) is 23.8 Å². The maximum atomic E-state index is 15.3. The quantitative estimate of drug-likeness (QED) is 0.250. The van der Waals surface area contributed by atoms with Crippen molar-refractivity contribution < 1.29 is 32.2 Å². The number of hydrogen-bond acceptors (Lipinski definition) is 7. The summed E-state index contributed by atoms with van der Waals surface area (Å²) in [5.41, 5.74) is 7.36. The number of fused-ring (bicyclic) bond motifs is 1. The van der Waals surface area contributed by atoms with Gasteiger partial charge in [-0.05, 0) is 42.3 Å². The van der Waals surface area contributed by atoms with Gasteiger partial charge in [0.15, 0.2) is 5.82 Å². The second-order valence-electron chi connectivity index (χ2n) is 9.46. The first-order valence-electron chi connectivity index (χ1n) is 12.7. The van der Waals surface area contributed by atoms with Crippen molar-refractivity contribution >= 4 is 28.7 Å². The number of carbonyl (C=O) groups is 1. The molecule has 4 aromatic rings. The normalized spacial score (nSPS) is 14.7. The zero-order valence-electron chi connectivity index (χ0n) is 21.7. The number of rotatable bonds is 6. The number of aliphatic hydroxyl groups is 1. The van der Waals surface area contributed by atoms with Gasteiger partial charge in [-0.1, -0.05) is 12.1 Å². The predicted molar refractivity (Wildman–Crippen MR) is 144 cm³/mol. The van der Waals surface area contributed by atoms with Crippen LogP contribution >= 0.6 is 0 Å². The summed E-state index contributed by atoms with van der Waals surface area (Å²) < 4.78 is 61.3. The molecule has 1 aliphatic rings. The summed E-state index contributed by atoms with van der Waals surface area (Å²) in [6.45, 7) is 2.77. The number of benzene rings is 2. The van der Waals surface area contributed by atoms with E-state index in [1.54, 1.807) is 4.52 Å². The fourth-order valence-corrected chi connectivity index (χ4v) is 4.86. The van der Waals surface area contributed by atoms with E-state index < -0.39 is 23.6 Å². The van der Waals surface area contributed by atoms with Crippen molar-refractivity contribution in [2.75, 3.05) is 42.7 Å². The number of nitrogens with zero attached hydrogens (tertiary/aromatic N) is 4. The van der Waals surface area contributed by atoms with Crippen LogP contribution in [0.4, 0.5) is 39.5 Å². The number of alkyl halides is 3. The number of carbonyl (C=O) groups excluding carboxylic acids is 1. The van der Waals surface area contributed by atoms with Crippen LogP contribution in [-0.4, -0.2) is 56.9 Å². The molecule has 2 aromatic heterocycles. The van der Waals surface area contributed by atoms with E-state index in [0.29, 0.717) is 54.2 Å². The molecule has 14 heteroatoms. The molecular weight excluding hydrogens is 546 g/mol. The number of amides is 2. The lowest BCUT2D eigenvalue weighted by molar-refractivity contribution is -0.137. The Bertz CT molecular complexity index is 1570. The molecule has 0 unspecified atom stereocenters. The van der Waals surface area contributed by atoms with Crippen molar-refractivity contribution in [3.05, 3.63) is 71.4 Å². The number of ether oxygens (including phenoxy) is 1. The van der Waals surface area contributed by atoms with Gasteiger partial charge in [0, 0.05) is 43.1 Å². The van der Waals surface area contributed by atoms with Gasteiger partial charge < -0.3 is 26.2 Å². The lowest BCUT2D eigenvalue weighted by Gasteiger charge is -2.19. The Morgan fingerprint density at radius 3 is 2.71 bits per heavy atom. The van der Waals surface area contributed by atoms with Gasteiger partial charge in [-0.15, -0.1) is 0 Å². The van der Waals surface area contributed by atoms with E-state index in [1.807, 2.05) is 0 Å². The Hall–Kier alpha value is -4.27. The molecule has 0 bridgehead atoms. The molecule has 1 aliphatic heterocycles. The van der Waals surface area contributed by atoms with Gasteiger partial charge in [-0.3, -0.25) is 4.90 Å². The Kier molecular flexibility index (Phi) is 8.06. The van der Waals surface area contributed by atoms with Crippen LogP contribution in [0.1, 0.15) is 23.2 Å². The average Bonchev–Trinajstić information content (AvgIpc) is 3.05. The molecule has 2 amide bonds. The third-order valence-corrected chi connectivity index (χ3v) is 6.76. The molecule has 0 radical (unpaired) electrons. The van der Waals surface area contributed by atoms with Gasteiger partial charge in [0.2, 0.25) is 0 Å². The molecule has 216 valence electrons. The van der Waals surface area contributed by atoms with E-state index in [9.17, 15) is 23.1 Å². The summed E-state index contributed by atoms with van der Waals surface area (Å²) in [4.78, 5) is 18.7. The first-order chi connectivity index (χ1) is 19.7. The van der Waals surface area contributed by atoms with Crippen LogP contribution < -0.4 is 16.4 Å². The van der Waals surface area contributed by atoms with Crippen LogP contribution in [0.25, 0.3) is 16.6 Å². The Morgan fingerprint density at radius 1 is 1.12 bits per heavy atom. The standard InChI is InChI=1S/C27H27F4N7O3/c28-20-11-16(5-6-21(20)36-26(40)35-18-4-1-3-17(12-18)27(29,30)31)23-19(14-39)22(13-37-7-2-9-41-10-8-37)38-24(23)25(32)33-15-34-38/h1,3-6,11-12,15,39H,2,7-10,13-14H2,(H2,32,33,34)(H2,35,36,40). The molecule has 5 N–H and O–H groups in total. The van der Waals surface area contributed by atoms with Crippen molar-refractivity contribution in [1.29, 1.82) is 0 Å². The lowest BCUT2D eigenvalue weighted by atomic mass is 10.0. The van der Waals surface area contributed by atoms with Crippen molar-refractivity contribution in [2.45, 2.75) is 25.7 Å². The number of hydrogen-bond donors (Lipinski definition) is 4. The van der Waals surface area contributed by atoms with Gasteiger partial charge in [0.25, 0.3) is 0 Å². The van der Waals surface area contributed by atoms with Crippen LogP contribution in [-0.2, 0) is 24.1 Å². The number of aliphatic hydroxyl groups excluding tert-OH is 1. The first kappa shape index (κ1) is 28.3. The number of nitrogens with one attached hydrogen (secondary N) is 2. The summed E-state index contributed by atoms with van der Waals surface area (Å²) in [6, 6.07) is 7.17. The van der Waals surface area contributed by atoms with Crippen molar-refractivity contribution in [3.63, 3.8) is 0 Å². The summed E-state index contributed by atoms with van der Waals surface area (Å²) in [6.07, 6.45) is -2.43. The molecule has 1 fully saturated rings. The number of urea groups is 1. The molecule has 0 spiro atoms. The number of anilines is 3. The number of halogens is 4. The summed E-state index contributed by atoms with van der Waals surface area (Å²) >= 11 is 0. The van der Waals surface area contributed by atoms with E-state index >= 15 is 4.39 Å². The lowest BCUT2D eigenvalue weighted by Crippen LogP contribution is -2.27. The zero-order valence-corrected chi connectivity index (χ0v) is 21.7. The Balaban J connectivity index is 1.44. The minimum atomic E-state index is -4.58. The third kappa shape index (κ3) is 6.09. The van der Waals surface area contributed by atoms with Crippen molar-refractivity contribution in [3.8, 4) is 11.1 Å². The van der Waals surface area contributed by atoms with E-state index in [4.69, 9.17) is 10.5 Å². The number of nitrogens with two attached hydrogens (primary N) is 1. The highest BCUT2D eigenvalue weighted by atomic mass is 19.4. The predicted octanol–water partition coefficient (Wildman–Crippen LogP) is 4.50. The minimum absolute atomic E-state index is 0.110. The maximum absolute atomic E-state index is 15.3. The van der Waals surface area contributed by atoms with E-state index in [2.05, 4.69) is 25.6 Å². The molecule has 5 rings (SSSR count). The van der Waals surface area contributed by atoms with Crippen molar-refractivity contribution in [1.82, 2.24) is 19.5 Å². The minimum Gasteiger partial charge on any atom is -0.392 e. The molecular formula is C27H27F4N7O3.